The lowest BCUT2D eigenvalue weighted by Gasteiger charge is -2.36. The van der Waals surface area contributed by atoms with Crippen molar-refractivity contribution in [1.29, 1.82) is 0 Å². The molecule has 0 bridgehead atoms. The van der Waals surface area contributed by atoms with Gasteiger partial charge in [0, 0.05) is 12.1 Å². The Labute approximate surface area is 90.1 Å². The van der Waals surface area contributed by atoms with Crippen LogP contribution in [-0.4, -0.2) is 37.6 Å². The normalized spacial score (nSPS) is 15.2. The van der Waals surface area contributed by atoms with E-state index < -0.39 is 0 Å². The highest BCUT2D eigenvalue weighted by Gasteiger charge is 2.22. The summed E-state index contributed by atoms with van der Waals surface area (Å²) in [5.74, 6) is 1.48. The van der Waals surface area contributed by atoms with Crippen molar-refractivity contribution in [3.63, 3.8) is 0 Å². The Kier molecular flexibility index (Phi) is 5.68. The van der Waals surface area contributed by atoms with Crippen LogP contribution in [-0.2, 0) is 0 Å². The molecule has 0 aliphatic rings. The largest absolute Gasteiger partial charge is 0.319 e. The molecule has 0 rings (SSSR count). The summed E-state index contributed by atoms with van der Waals surface area (Å²) in [7, 11) is 4.25. The van der Waals surface area contributed by atoms with Crippen LogP contribution in [0.15, 0.2) is 0 Å². The van der Waals surface area contributed by atoms with Crippen LogP contribution in [0.25, 0.3) is 0 Å². The summed E-state index contributed by atoms with van der Waals surface area (Å²) in [4.78, 5) is 2.44. The molecular formula is C12H28N2. The first-order valence-corrected chi connectivity index (χ1v) is 5.65. The molecule has 14 heavy (non-hydrogen) atoms. The van der Waals surface area contributed by atoms with Gasteiger partial charge in [-0.05, 0) is 53.2 Å². The van der Waals surface area contributed by atoms with E-state index in [4.69, 9.17) is 0 Å². The van der Waals surface area contributed by atoms with Gasteiger partial charge in [-0.3, -0.25) is 0 Å². The number of hydrogen-bond acceptors (Lipinski definition) is 2. The fourth-order valence-corrected chi connectivity index (χ4v) is 1.40. The van der Waals surface area contributed by atoms with E-state index >= 15 is 0 Å². The average Bonchev–Trinajstić information content (AvgIpc) is 2.01. The minimum absolute atomic E-state index is 0.279. The van der Waals surface area contributed by atoms with Crippen molar-refractivity contribution in [2.24, 2.45) is 11.8 Å². The molecule has 1 unspecified atom stereocenters. The molecule has 86 valence electrons. The summed E-state index contributed by atoms with van der Waals surface area (Å²) in [5.41, 5.74) is 0.279. The molecule has 0 saturated heterocycles. The first kappa shape index (κ1) is 13.9. The second-order valence-corrected chi connectivity index (χ2v) is 5.61. The maximum atomic E-state index is 3.28. The highest BCUT2D eigenvalue weighted by atomic mass is 15.2. The molecule has 2 heteroatoms. The third kappa shape index (κ3) is 4.97. The molecule has 1 atom stereocenters. The Bertz CT molecular complexity index is 147. The van der Waals surface area contributed by atoms with Crippen molar-refractivity contribution in [3.8, 4) is 0 Å². The van der Waals surface area contributed by atoms with Gasteiger partial charge in [-0.25, -0.2) is 0 Å². The van der Waals surface area contributed by atoms with E-state index in [9.17, 15) is 0 Å². The van der Waals surface area contributed by atoms with Gasteiger partial charge in [0.15, 0.2) is 0 Å². The average molecular weight is 200 g/mol. The molecule has 0 aromatic carbocycles. The van der Waals surface area contributed by atoms with E-state index in [0.717, 1.165) is 18.4 Å². The monoisotopic (exact) mass is 200 g/mol. The standard InChI is InChI=1S/C12H28N2/c1-10(2)11(8-13-6)9-14(7)12(3,4)5/h10-11,13H,8-9H2,1-7H3. The Hall–Kier alpha value is -0.0800. The number of nitrogens with zero attached hydrogens (tertiary/aromatic N) is 1. The summed E-state index contributed by atoms with van der Waals surface area (Å²) in [6.07, 6.45) is 0. The Morgan fingerprint density at radius 3 is 2.00 bits per heavy atom. The van der Waals surface area contributed by atoms with E-state index in [0.29, 0.717) is 0 Å². The predicted molar refractivity (Wildman–Crippen MR) is 64.6 cm³/mol. The minimum Gasteiger partial charge on any atom is -0.319 e. The van der Waals surface area contributed by atoms with E-state index in [-0.39, 0.29) is 5.54 Å². The maximum absolute atomic E-state index is 3.28. The molecular weight excluding hydrogens is 172 g/mol. The molecule has 0 fully saturated rings. The summed E-state index contributed by atoms with van der Waals surface area (Å²) >= 11 is 0. The molecule has 0 spiro atoms. The summed E-state index contributed by atoms with van der Waals surface area (Å²) in [6, 6.07) is 0. The van der Waals surface area contributed by atoms with Crippen LogP contribution in [0.3, 0.4) is 0 Å². The number of rotatable bonds is 5. The lowest BCUT2D eigenvalue weighted by Crippen LogP contribution is -2.44. The molecule has 0 aliphatic carbocycles. The summed E-state index contributed by atoms with van der Waals surface area (Å²) < 4.78 is 0. The maximum Gasteiger partial charge on any atom is 0.0122 e. The predicted octanol–water partition coefficient (Wildman–Crippen LogP) is 2.21. The molecule has 0 aromatic heterocycles. The molecule has 0 saturated carbocycles. The third-order valence-corrected chi connectivity index (χ3v) is 3.06. The van der Waals surface area contributed by atoms with Crippen LogP contribution in [0.1, 0.15) is 34.6 Å². The molecule has 1 N–H and O–H groups in total. The Morgan fingerprint density at radius 1 is 1.21 bits per heavy atom. The SMILES string of the molecule is CNCC(CN(C)C(C)(C)C)C(C)C. The van der Waals surface area contributed by atoms with Crippen molar-refractivity contribution in [2.45, 2.75) is 40.2 Å². The van der Waals surface area contributed by atoms with Crippen LogP contribution in [0.5, 0.6) is 0 Å². The molecule has 2 nitrogen and oxygen atoms in total. The van der Waals surface area contributed by atoms with E-state index in [1.807, 2.05) is 7.05 Å². The molecule has 0 amide bonds. The molecule has 0 radical (unpaired) electrons. The van der Waals surface area contributed by atoms with Crippen molar-refractivity contribution >= 4 is 0 Å². The Morgan fingerprint density at radius 2 is 1.71 bits per heavy atom. The van der Waals surface area contributed by atoms with Gasteiger partial charge in [0.25, 0.3) is 0 Å². The zero-order valence-corrected chi connectivity index (χ0v) is 11.0. The Balaban J connectivity index is 4.16. The number of nitrogens with one attached hydrogen (secondary N) is 1. The zero-order chi connectivity index (χ0) is 11.4. The fraction of sp³-hybridized carbons (Fsp3) is 1.00. The summed E-state index contributed by atoms with van der Waals surface area (Å²) in [5, 5.41) is 3.28. The van der Waals surface area contributed by atoms with E-state index in [1.54, 1.807) is 0 Å². The topological polar surface area (TPSA) is 15.3 Å². The van der Waals surface area contributed by atoms with Gasteiger partial charge in [0.2, 0.25) is 0 Å². The van der Waals surface area contributed by atoms with Gasteiger partial charge >= 0.3 is 0 Å². The zero-order valence-electron chi connectivity index (χ0n) is 11.0. The van der Waals surface area contributed by atoms with E-state index in [1.165, 1.54) is 6.54 Å². The highest BCUT2D eigenvalue weighted by molar-refractivity contribution is 4.77. The van der Waals surface area contributed by atoms with Crippen LogP contribution >= 0.6 is 0 Å². The highest BCUT2D eigenvalue weighted by Crippen LogP contribution is 2.17. The van der Waals surface area contributed by atoms with Crippen LogP contribution in [0, 0.1) is 11.8 Å². The van der Waals surface area contributed by atoms with Crippen LogP contribution in [0.4, 0.5) is 0 Å². The number of hydrogen-bond donors (Lipinski definition) is 1. The molecule has 0 heterocycles. The second kappa shape index (κ2) is 5.72. The van der Waals surface area contributed by atoms with Crippen LogP contribution < -0.4 is 5.32 Å². The van der Waals surface area contributed by atoms with Gasteiger partial charge in [0.05, 0.1) is 0 Å². The van der Waals surface area contributed by atoms with Crippen molar-refractivity contribution < 1.29 is 0 Å². The first-order valence-electron chi connectivity index (χ1n) is 5.65. The smallest absolute Gasteiger partial charge is 0.0122 e. The third-order valence-electron chi connectivity index (χ3n) is 3.06. The van der Waals surface area contributed by atoms with Gasteiger partial charge in [-0.2, -0.15) is 0 Å². The van der Waals surface area contributed by atoms with Gasteiger partial charge in [-0.1, -0.05) is 13.8 Å². The lowest BCUT2D eigenvalue weighted by atomic mass is 9.93. The van der Waals surface area contributed by atoms with Gasteiger partial charge in [0.1, 0.15) is 0 Å². The van der Waals surface area contributed by atoms with Crippen LogP contribution in [0.2, 0.25) is 0 Å². The van der Waals surface area contributed by atoms with E-state index in [2.05, 4.69) is 51.9 Å². The molecule has 0 aliphatic heterocycles. The van der Waals surface area contributed by atoms with Gasteiger partial charge in [-0.15, -0.1) is 0 Å². The van der Waals surface area contributed by atoms with Crippen molar-refractivity contribution in [3.05, 3.63) is 0 Å². The molecule has 0 aromatic rings. The van der Waals surface area contributed by atoms with Crippen molar-refractivity contribution in [1.82, 2.24) is 10.2 Å². The minimum atomic E-state index is 0.279. The summed E-state index contributed by atoms with van der Waals surface area (Å²) in [6.45, 7) is 13.7. The first-order chi connectivity index (χ1) is 6.29. The quantitative estimate of drug-likeness (QED) is 0.732. The second-order valence-electron chi connectivity index (χ2n) is 5.61. The fourth-order valence-electron chi connectivity index (χ4n) is 1.40. The van der Waals surface area contributed by atoms with Gasteiger partial charge < -0.3 is 10.2 Å². The van der Waals surface area contributed by atoms with Crippen molar-refractivity contribution in [2.75, 3.05) is 27.2 Å². The lowest BCUT2D eigenvalue weighted by molar-refractivity contribution is 0.132.